The monoisotopic (exact) mass is 313 g/mol. The van der Waals surface area contributed by atoms with Crippen molar-refractivity contribution < 1.29 is 23.1 Å². The van der Waals surface area contributed by atoms with Crippen molar-refractivity contribution in [3.05, 3.63) is 35.9 Å². The number of hydrogen-bond acceptors (Lipinski definition) is 4. The summed E-state index contributed by atoms with van der Waals surface area (Å²) >= 11 is 0. The first kappa shape index (κ1) is 17.2. The van der Waals surface area contributed by atoms with Gasteiger partial charge in [-0.25, -0.2) is 8.42 Å². The van der Waals surface area contributed by atoms with Crippen molar-refractivity contribution in [3.63, 3.8) is 0 Å². The van der Waals surface area contributed by atoms with Gasteiger partial charge in [0, 0.05) is 12.8 Å². The molecule has 116 valence electrons. The van der Waals surface area contributed by atoms with Gasteiger partial charge in [-0.1, -0.05) is 30.3 Å². The Labute approximate surface area is 124 Å². The molecule has 0 aliphatic rings. The highest BCUT2D eigenvalue weighted by molar-refractivity contribution is 7.92. The Kier molecular flexibility index (Phi) is 5.90. The lowest BCUT2D eigenvalue weighted by molar-refractivity contribution is -0.141. The van der Waals surface area contributed by atoms with Gasteiger partial charge in [0.25, 0.3) is 0 Å². The molecule has 0 bridgehead atoms. The predicted molar refractivity (Wildman–Crippen MR) is 78.6 cm³/mol. The van der Waals surface area contributed by atoms with Gasteiger partial charge in [0.15, 0.2) is 9.84 Å². The molecule has 2 atom stereocenters. The summed E-state index contributed by atoms with van der Waals surface area (Å²) in [5.74, 6) is -2.52. The fourth-order valence-corrected chi connectivity index (χ4v) is 2.18. The van der Waals surface area contributed by atoms with E-state index in [1.165, 1.54) is 6.92 Å². The highest BCUT2D eigenvalue weighted by Gasteiger charge is 2.25. The summed E-state index contributed by atoms with van der Waals surface area (Å²) in [4.78, 5) is 22.9. The molecule has 6 nitrogen and oxygen atoms in total. The van der Waals surface area contributed by atoms with Crippen LogP contribution in [0, 0.1) is 5.92 Å². The van der Waals surface area contributed by atoms with Crippen molar-refractivity contribution in [3.8, 4) is 0 Å². The molecule has 1 aromatic carbocycles. The van der Waals surface area contributed by atoms with Crippen LogP contribution in [0.15, 0.2) is 30.3 Å². The molecule has 2 N–H and O–H groups in total. The Morgan fingerprint density at radius 1 is 1.24 bits per heavy atom. The summed E-state index contributed by atoms with van der Waals surface area (Å²) in [6.45, 7) is 1.17. The highest BCUT2D eigenvalue weighted by Crippen LogP contribution is 2.09. The average Bonchev–Trinajstić information content (AvgIpc) is 2.42. The van der Waals surface area contributed by atoms with Gasteiger partial charge in [-0.3, -0.25) is 9.59 Å². The van der Waals surface area contributed by atoms with E-state index in [-0.39, 0.29) is 13.0 Å². The van der Waals surface area contributed by atoms with Gasteiger partial charge in [-0.15, -0.1) is 0 Å². The van der Waals surface area contributed by atoms with Crippen molar-refractivity contribution in [1.29, 1.82) is 0 Å². The summed E-state index contributed by atoms with van der Waals surface area (Å²) in [6.07, 6.45) is 1.24. The Hall–Kier alpha value is -1.89. The number of aliphatic carboxylic acids is 1. The van der Waals surface area contributed by atoms with Crippen LogP contribution in [0.4, 0.5) is 0 Å². The molecule has 2 unspecified atom stereocenters. The van der Waals surface area contributed by atoms with Crippen LogP contribution >= 0.6 is 0 Å². The van der Waals surface area contributed by atoms with Crippen molar-refractivity contribution in [2.45, 2.75) is 18.6 Å². The van der Waals surface area contributed by atoms with Crippen LogP contribution in [-0.2, 0) is 25.8 Å². The lowest BCUT2D eigenvalue weighted by atomic mass is 9.99. The van der Waals surface area contributed by atoms with Crippen LogP contribution in [0.1, 0.15) is 12.5 Å². The lowest BCUT2D eigenvalue weighted by Crippen LogP contribution is -2.41. The normalized spacial score (nSPS) is 14.2. The van der Waals surface area contributed by atoms with Crippen LogP contribution < -0.4 is 5.32 Å². The van der Waals surface area contributed by atoms with Crippen LogP contribution in [0.2, 0.25) is 0 Å². The molecule has 0 aliphatic heterocycles. The van der Waals surface area contributed by atoms with Gasteiger partial charge in [0.05, 0.1) is 5.92 Å². The molecule has 7 heteroatoms. The standard InChI is InChI=1S/C14H19NO5S/c1-10(21(2,19)20)13(16)15-9-12(14(17)18)8-11-6-4-3-5-7-11/h3-7,10,12H,8-9H2,1-2H3,(H,15,16)(H,17,18). The molecular formula is C14H19NO5S. The number of carboxylic acids is 1. The molecule has 1 rings (SSSR count). The molecule has 0 fully saturated rings. The van der Waals surface area contributed by atoms with E-state index in [1.807, 2.05) is 6.07 Å². The molecule has 1 amide bonds. The second-order valence-corrected chi connectivity index (χ2v) is 7.31. The number of amides is 1. The van der Waals surface area contributed by atoms with Crippen molar-refractivity contribution in [2.75, 3.05) is 12.8 Å². The third kappa shape index (κ3) is 5.55. The van der Waals surface area contributed by atoms with Crippen LogP contribution in [-0.4, -0.2) is 43.5 Å². The molecule has 0 heterocycles. The van der Waals surface area contributed by atoms with Crippen LogP contribution in [0.5, 0.6) is 0 Å². The minimum absolute atomic E-state index is 0.108. The summed E-state index contributed by atoms with van der Waals surface area (Å²) in [7, 11) is -3.49. The average molecular weight is 313 g/mol. The molecule has 0 aliphatic carbocycles. The summed E-state index contributed by atoms with van der Waals surface area (Å²) in [5.41, 5.74) is 0.843. The van der Waals surface area contributed by atoms with Crippen molar-refractivity contribution in [2.24, 2.45) is 5.92 Å². The molecule has 0 radical (unpaired) electrons. The number of hydrogen-bond donors (Lipinski definition) is 2. The van der Waals surface area contributed by atoms with Crippen LogP contribution in [0.25, 0.3) is 0 Å². The molecular weight excluding hydrogens is 294 g/mol. The molecule has 0 aromatic heterocycles. The lowest BCUT2D eigenvalue weighted by Gasteiger charge is -2.15. The summed E-state index contributed by atoms with van der Waals surface area (Å²) < 4.78 is 22.5. The van der Waals surface area contributed by atoms with E-state index in [9.17, 15) is 23.1 Å². The molecule has 0 spiro atoms. The molecule has 0 saturated carbocycles. The number of benzene rings is 1. The van der Waals surface area contributed by atoms with E-state index in [0.717, 1.165) is 11.8 Å². The van der Waals surface area contributed by atoms with Crippen molar-refractivity contribution in [1.82, 2.24) is 5.32 Å². The van der Waals surface area contributed by atoms with Gasteiger partial charge in [-0.2, -0.15) is 0 Å². The maximum atomic E-state index is 11.7. The Morgan fingerprint density at radius 3 is 2.29 bits per heavy atom. The topological polar surface area (TPSA) is 101 Å². The van der Waals surface area contributed by atoms with E-state index in [1.54, 1.807) is 24.3 Å². The van der Waals surface area contributed by atoms with Gasteiger partial charge < -0.3 is 10.4 Å². The number of nitrogens with one attached hydrogen (secondary N) is 1. The van der Waals surface area contributed by atoms with E-state index < -0.39 is 32.9 Å². The smallest absolute Gasteiger partial charge is 0.308 e. The Balaban J connectivity index is 2.64. The second-order valence-electron chi connectivity index (χ2n) is 4.94. The zero-order chi connectivity index (χ0) is 16.0. The first-order chi connectivity index (χ1) is 9.71. The van der Waals surface area contributed by atoms with Gasteiger partial charge >= 0.3 is 5.97 Å². The summed E-state index contributed by atoms with van der Waals surface area (Å²) in [6, 6.07) is 9.04. The maximum absolute atomic E-state index is 11.7. The zero-order valence-corrected chi connectivity index (χ0v) is 12.8. The predicted octanol–water partition coefficient (Wildman–Crippen LogP) is 0.479. The molecule has 21 heavy (non-hydrogen) atoms. The fourth-order valence-electron chi connectivity index (χ4n) is 1.71. The first-order valence-corrected chi connectivity index (χ1v) is 8.40. The fraction of sp³-hybridized carbons (Fsp3) is 0.429. The highest BCUT2D eigenvalue weighted by atomic mass is 32.2. The van der Waals surface area contributed by atoms with E-state index >= 15 is 0 Å². The van der Waals surface area contributed by atoms with Gasteiger partial charge in [0.2, 0.25) is 5.91 Å². The van der Waals surface area contributed by atoms with E-state index in [0.29, 0.717) is 0 Å². The SMILES string of the molecule is CC(C(=O)NCC(Cc1ccccc1)C(=O)O)S(C)(=O)=O. The van der Waals surface area contributed by atoms with Gasteiger partial charge in [-0.05, 0) is 18.9 Å². The Bertz CT molecular complexity index is 597. The third-order valence-electron chi connectivity index (χ3n) is 3.21. The van der Waals surface area contributed by atoms with Gasteiger partial charge in [0.1, 0.15) is 5.25 Å². The summed E-state index contributed by atoms with van der Waals surface area (Å²) in [5, 5.41) is 10.4. The third-order valence-corrected chi connectivity index (χ3v) is 4.71. The number of rotatable bonds is 7. The Morgan fingerprint density at radius 2 is 1.81 bits per heavy atom. The van der Waals surface area contributed by atoms with Crippen LogP contribution in [0.3, 0.4) is 0 Å². The maximum Gasteiger partial charge on any atom is 0.308 e. The van der Waals surface area contributed by atoms with E-state index in [2.05, 4.69) is 5.32 Å². The zero-order valence-electron chi connectivity index (χ0n) is 11.9. The molecule has 0 saturated heterocycles. The minimum Gasteiger partial charge on any atom is -0.481 e. The first-order valence-electron chi connectivity index (χ1n) is 6.45. The number of carbonyl (C=O) groups excluding carboxylic acids is 1. The largest absolute Gasteiger partial charge is 0.481 e. The number of sulfone groups is 1. The molecule has 1 aromatic rings. The van der Waals surface area contributed by atoms with E-state index in [4.69, 9.17) is 0 Å². The second kappa shape index (κ2) is 7.21. The van der Waals surface area contributed by atoms with Crippen molar-refractivity contribution >= 4 is 21.7 Å². The number of carboxylic acid groups (broad SMARTS) is 1. The quantitative estimate of drug-likeness (QED) is 0.762. The minimum atomic E-state index is -3.49. The number of carbonyl (C=O) groups is 2.